The lowest BCUT2D eigenvalue weighted by Crippen LogP contribution is -2.53. The molecule has 0 bridgehead atoms. The predicted octanol–water partition coefficient (Wildman–Crippen LogP) is 2.13. The van der Waals surface area contributed by atoms with E-state index in [2.05, 4.69) is 38.2 Å². The van der Waals surface area contributed by atoms with Gasteiger partial charge in [0.1, 0.15) is 5.75 Å². The molecule has 0 aliphatic carbocycles. The summed E-state index contributed by atoms with van der Waals surface area (Å²) in [6, 6.07) is 8.29. The molecule has 0 spiro atoms. The van der Waals surface area contributed by atoms with E-state index in [4.69, 9.17) is 10.5 Å². The SMILES string of the molecule is CC(C)C(C)(CN)NCC1COc2ccccc21. The lowest BCUT2D eigenvalue weighted by atomic mass is 9.87. The van der Waals surface area contributed by atoms with Gasteiger partial charge in [0, 0.05) is 30.1 Å². The van der Waals surface area contributed by atoms with E-state index in [1.165, 1.54) is 5.56 Å². The molecule has 0 saturated carbocycles. The predicted molar refractivity (Wildman–Crippen MR) is 75.0 cm³/mol. The molecule has 0 radical (unpaired) electrons. The van der Waals surface area contributed by atoms with Crippen LogP contribution in [-0.4, -0.2) is 25.2 Å². The molecule has 1 heterocycles. The molecule has 0 amide bonds. The Labute approximate surface area is 110 Å². The fourth-order valence-electron chi connectivity index (χ4n) is 2.27. The van der Waals surface area contributed by atoms with Crippen LogP contribution in [0.15, 0.2) is 24.3 Å². The number of para-hydroxylation sites is 1. The minimum Gasteiger partial charge on any atom is -0.493 e. The van der Waals surface area contributed by atoms with Crippen molar-refractivity contribution in [2.24, 2.45) is 11.7 Å². The van der Waals surface area contributed by atoms with Crippen molar-refractivity contribution in [2.75, 3.05) is 19.7 Å². The Kier molecular flexibility index (Phi) is 3.93. The van der Waals surface area contributed by atoms with Gasteiger partial charge in [0.2, 0.25) is 0 Å². The van der Waals surface area contributed by atoms with Crippen LogP contribution in [0.1, 0.15) is 32.3 Å². The first-order chi connectivity index (χ1) is 8.57. The Morgan fingerprint density at radius 3 is 2.83 bits per heavy atom. The highest BCUT2D eigenvalue weighted by Crippen LogP contribution is 2.33. The van der Waals surface area contributed by atoms with E-state index < -0.39 is 0 Å². The Hall–Kier alpha value is -1.06. The normalized spacial score (nSPS) is 21.5. The zero-order chi connectivity index (χ0) is 13.2. The highest BCUT2D eigenvalue weighted by atomic mass is 16.5. The number of nitrogens with one attached hydrogen (secondary N) is 1. The Bertz CT molecular complexity index is 405. The van der Waals surface area contributed by atoms with Crippen LogP contribution in [0.4, 0.5) is 0 Å². The van der Waals surface area contributed by atoms with Crippen LogP contribution >= 0.6 is 0 Å². The number of fused-ring (bicyclic) bond motifs is 1. The van der Waals surface area contributed by atoms with Crippen molar-refractivity contribution in [2.45, 2.75) is 32.2 Å². The van der Waals surface area contributed by atoms with Crippen LogP contribution in [0.2, 0.25) is 0 Å². The zero-order valence-electron chi connectivity index (χ0n) is 11.6. The molecule has 100 valence electrons. The molecule has 3 nitrogen and oxygen atoms in total. The third kappa shape index (κ3) is 2.52. The fraction of sp³-hybridized carbons (Fsp3) is 0.600. The maximum absolute atomic E-state index is 5.89. The van der Waals surface area contributed by atoms with E-state index in [1.807, 2.05) is 12.1 Å². The van der Waals surface area contributed by atoms with Crippen LogP contribution in [0.5, 0.6) is 5.75 Å². The second kappa shape index (κ2) is 5.29. The molecule has 3 N–H and O–H groups in total. The molecular weight excluding hydrogens is 224 g/mol. The van der Waals surface area contributed by atoms with Crippen LogP contribution in [0.25, 0.3) is 0 Å². The second-order valence-corrected chi connectivity index (χ2v) is 5.70. The van der Waals surface area contributed by atoms with Crippen molar-refractivity contribution in [1.82, 2.24) is 5.32 Å². The topological polar surface area (TPSA) is 47.3 Å². The molecular formula is C15H24N2O. The molecule has 1 aromatic rings. The Morgan fingerprint density at radius 1 is 1.44 bits per heavy atom. The fourth-order valence-corrected chi connectivity index (χ4v) is 2.27. The van der Waals surface area contributed by atoms with E-state index in [0.717, 1.165) is 18.9 Å². The summed E-state index contributed by atoms with van der Waals surface area (Å²) in [5.41, 5.74) is 7.20. The van der Waals surface area contributed by atoms with Crippen molar-refractivity contribution >= 4 is 0 Å². The van der Waals surface area contributed by atoms with Gasteiger partial charge in [0.05, 0.1) is 6.61 Å². The minimum atomic E-state index is -0.00245. The number of benzene rings is 1. The van der Waals surface area contributed by atoms with Gasteiger partial charge in [0.25, 0.3) is 0 Å². The van der Waals surface area contributed by atoms with E-state index in [-0.39, 0.29) is 5.54 Å². The smallest absolute Gasteiger partial charge is 0.122 e. The summed E-state index contributed by atoms with van der Waals surface area (Å²) in [6.07, 6.45) is 0. The van der Waals surface area contributed by atoms with E-state index in [1.54, 1.807) is 0 Å². The largest absolute Gasteiger partial charge is 0.493 e. The molecule has 1 aromatic carbocycles. The van der Waals surface area contributed by atoms with E-state index >= 15 is 0 Å². The summed E-state index contributed by atoms with van der Waals surface area (Å²) >= 11 is 0. The maximum Gasteiger partial charge on any atom is 0.122 e. The summed E-state index contributed by atoms with van der Waals surface area (Å²) in [5, 5.41) is 3.62. The van der Waals surface area contributed by atoms with Crippen molar-refractivity contribution < 1.29 is 4.74 Å². The highest BCUT2D eigenvalue weighted by molar-refractivity contribution is 5.39. The lowest BCUT2D eigenvalue weighted by molar-refractivity contribution is 0.251. The lowest BCUT2D eigenvalue weighted by Gasteiger charge is -2.34. The molecule has 1 aliphatic heterocycles. The average Bonchev–Trinajstić information content (AvgIpc) is 2.79. The zero-order valence-corrected chi connectivity index (χ0v) is 11.6. The molecule has 0 saturated heterocycles. The first-order valence-electron chi connectivity index (χ1n) is 6.73. The highest BCUT2D eigenvalue weighted by Gasteiger charge is 2.29. The van der Waals surface area contributed by atoms with E-state index in [0.29, 0.717) is 18.4 Å². The molecule has 0 aromatic heterocycles. The van der Waals surface area contributed by atoms with Crippen molar-refractivity contribution in [3.05, 3.63) is 29.8 Å². The van der Waals surface area contributed by atoms with Gasteiger partial charge >= 0.3 is 0 Å². The summed E-state index contributed by atoms with van der Waals surface area (Å²) in [7, 11) is 0. The summed E-state index contributed by atoms with van der Waals surface area (Å²) in [4.78, 5) is 0. The number of rotatable bonds is 5. The molecule has 3 heteroatoms. The van der Waals surface area contributed by atoms with Crippen molar-refractivity contribution in [3.8, 4) is 5.75 Å². The van der Waals surface area contributed by atoms with Gasteiger partial charge in [0.15, 0.2) is 0 Å². The van der Waals surface area contributed by atoms with Crippen molar-refractivity contribution in [3.63, 3.8) is 0 Å². The standard InChI is InChI=1S/C15H24N2O/c1-11(2)15(3,10-16)17-8-12-9-18-14-7-5-4-6-13(12)14/h4-7,11-12,17H,8-10,16H2,1-3H3. The molecule has 1 aliphatic rings. The van der Waals surface area contributed by atoms with Gasteiger partial charge in [-0.05, 0) is 18.9 Å². The quantitative estimate of drug-likeness (QED) is 0.839. The molecule has 2 unspecified atom stereocenters. The van der Waals surface area contributed by atoms with Gasteiger partial charge in [-0.15, -0.1) is 0 Å². The minimum absolute atomic E-state index is 0.00245. The Balaban J connectivity index is 2.00. The van der Waals surface area contributed by atoms with E-state index in [9.17, 15) is 0 Å². The molecule has 0 fully saturated rings. The van der Waals surface area contributed by atoms with Gasteiger partial charge < -0.3 is 15.8 Å². The average molecular weight is 248 g/mol. The number of ether oxygens (including phenoxy) is 1. The summed E-state index contributed by atoms with van der Waals surface area (Å²) in [6.45, 7) is 8.95. The van der Waals surface area contributed by atoms with Crippen LogP contribution in [-0.2, 0) is 0 Å². The van der Waals surface area contributed by atoms with Crippen LogP contribution in [0, 0.1) is 5.92 Å². The second-order valence-electron chi connectivity index (χ2n) is 5.70. The third-order valence-electron chi connectivity index (χ3n) is 4.25. The molecule has 2 rings (SSSR count). The van der Waals surface area contributed by atoms with Gasteiger partial charge in [-0.1, -0.05) is 32.0 Å². The first-order valence-corrected chi connectivity index (χ1v) is 6.73. The number of nitrogens with two attached hydrogens (primary N) is 1. The van der Waals surface area contributed by atoms with Gasteiger partial charge in [-0.25, -0.2) is 0 Å². The third-order valence-corrected chi connectivity index (χ3v) is 4.25. The Morgan fingerprint density at radius 2 is 2.17 bits per heavy atom. The van der Waals surface area contributed by atoms with Crippen LogP contribution in [0.3, 0.4) is 0 Å². The first kappa shape index (κ1) is 13.4. The number of hydrogen-bond acceptors (Lipinski definition) is 3. The van der Waals surface area contributed by atoms with Gasteiger partial charge in [-0.2, -0.15) is 0 Å². The van der Waals surface area contributed by atoms with Crippen molar-refractivity contribution in [1.29, 1.82) is 0 Å². The maximum atomic E-state index is 5.89. The molecule has 2 atom stereocenters. The summed E-state index contributed by atoms with van der Waals surface area (Å²) in [5.74, 6) is 1.98. The molecule has 18 heavy (non-hydrogen) atoms. The van der Waals surface area contributed by atoms with Crippen LogP contribution < -0.4 is 15.8 Å². The van der Waals surface area contributed by atoms with Gasteiger partial charge in [-0.3, -0.25) is 0 Å². The summed E-state index contributed by atoms with van der Waals surface area (Å²) < 4.78 is 5.70. The monoisotopic (exact) mass is 248 g/mol. The number of hydrogen-bond donors (Lipinski definition) is 2.